The molecule has 1 fully saturated rings. The van der Waals surface area contributed by atoms with Crippen LogP contribution in [-0.4, -0.2) is 56.0 Å². The largest absolute Gasteiger partial charge is 0.356 e. The Kier molecular flexibility index (Phi) is 4.23. The van der Waals surface area contributed by atoms with Gasteiger partial charge in [0.2, 0.25) is 5.91 Å². The Morgan fingerprint density at radius 3 is 2.92 bits per heavy atom. The summed E-state index contributed by atoms with van der Waals surface area (Å²) in [5.41, 5.74) is 1.89. The normalized spacial score (nSPS) is 23.0. The lowest BCUT2D eigenvalue weighted by atomic mass is 10.0. The van der Waals surface area contributed by atoms with Gasteiger partial charge in [-0.05, 0) is 19.3 Å². The first-order chi connectivity index (χ1) is 12.5. The Hall–Kier alpha value is -2.68. The van der Waals surface area contributed by atoms with Crippen LogP contribution in [0.1, 0.15) is 30.1 Å². The molecule has 0 bridgehead atoms. The maximum atomic E-state index is 12.9. The first-order valence-electron chi connectivity index (χ1n) is 8.76. The summed E-state index contributed by atoms with van der Waals surface area (Å²) in [6, 6.07) is 1.38. The molecule has 4 heterocycles. The highest BCUT2D eigenvalue weighted by molar-refractivity contribution is 5.95. The van der Waals surface area contributed by atoms with Crippen LogP contribution in [0.3, 0.4) is 0 Å². The van der Waals surface area contributed by atoms with Gasteiger partial charge in [-0.25, -0.2) is 0 Å². The van der Waals surface area contributed by atoms with Crippen molar-refractivity contribution >= 4 is 17.6 Å². The minimum Gasteiger partial charge on any atom is -0.356 e. The smallest absolute Gasteiger partial charge is 0.257 e. The molecule has 2 aliphatic rings. The van der Waals surface area contributed by atoms with Crippen molar-refractivity contribution in [3.8, 4) is 0 Å². The van der Waals surface area contributed by atoms with Gasteiger partial charge in [0.15, 0.2) is 11.9 Å². The first-order valence-corrected chi connectivity index (χ1v) is 8.76. The monoisotopic (exact) mass is 358 g/mol. The van der Waals surface area contributed by atoms with E-state index in [1.165, 1.54) is 0 Å². The number of hydrogen-bond donors (Lipinski definition) is 1. The molecule has 0 aromatic carbocycles. The van der Waals surface area contributed by atoms with Crippen LogP contribution < -0.4 is 5.32 Å². The first kappa shape index (κ1) is 16.8. The second-order valence-electron chi connectivity index (χ2n) is 6.82. The van der Waals surface area contributed by atoms with Gasteiger partial charge in [0.05, 0.1) is 12.2 Å². The van der Waals surface area contributed by atoms with E-state index in [-0.39, 0.29) is 18.4 Å². The maximum absolute atomic E-state index is 12.9. The summed E-state index contributed by atoms with van der Waals surface area (Å²) in [4.78, 5) is 26.5. The maximum Gasteiger partial charge on any atom is 0.257 e. The van der Waals surface area contributed by atoms with Crippen molar-refractivity contribution in [2.24, 2.45) is 7.05 Å². The Labute approximate surface area is 150 Å². The number of morpholine rings is 1. The zero-order valence-corrected chi connectivity index (χ0v) is 14.9. The van der Waals surface area contributed by atoms with Gasteiger partial charge in [0, 0.05) is 44.2 Å². The third-order valence-electron chi connectivity index (χ3n) is 4.98. The number of likely N-dealkylation sites (N-methyl/N-ethyl adjacent to an activating group) is 1. The Balaban J connectivity index is 1.56. The number of aryl methyl sites for hydroxylation is 3. The molecule has 26 heavy (non-hydrogen) atoms. The SMILES string of the molecule is CN1C(=O)CO[C@@H](C(=O)Nc2cc3n(n2)CCCC3)[C@@H]1c1cnn(C)c1. The number of anilines is 1. The summed E-state index contributed by atoms with van der Waals surface area (Å²) in [7, 11) is 3.47. The van der Waals surface area contributed by atoms with Crippen molar-refractivity contribution < 1.29 is 14.3 Å². The van der Waals surface area contributed by atoms with Gasteiger partial charge >= 0.3 is 0 Å². The van der Waals surface area contributed by atoms with Crippen LogP contribution in [0.4, 0.5) is 5.82 Å². The van der Waals surface area contributed by atoms with E-state index in [4.69, 9.17) is 4.74 Å². The third kappa shape index (κ3) is 2.98. The standard InChI is InChI=1S/C17H22N6O3/c1-21-9-11(8-18-21)15-16(26-10-14(24)22(15)2)17(25)19-13-7-12-5-3-4-6-23(12)20-13/h7-9,15-16H,3-6,10H2,1-2H3,(H,19,20,25)/t15-,16+/m0/s1. The predicted molar refractivity (Wildman–Crippen MR) is 92.3 cm³/mol. The zero-order chi connectivity index (χ0) is 18.3. The van der Waals surface area contributed by atoms with Crippen molar-refractivity contribution in [3.05, 3.63) is 29.7 Å². The van der Waals surface area contributed by atoms with Crippen LogP contribution >= 0.6 is 0 Å². The van der Waals surface area contributed by atoms with Gasteiger partial charge in [-0.1, -0.05) is 0 Å². The van der Waals surface area contributed by atoms with Crippen molar-refractivity contribution in [1.29, 1.82) is 0 Å². The lowest BCUT2D eigenvalue weighted by molar-refractivity contribution is -0.160. The van der Waals surface area contributed by atoms with Crippen LogP contribution in [0, 0.1) is 0 Å². The number of carbonyl (C=O) groups is 2. The molecule has 9 nitrogen and oxygen atoms in total. The van der Waals surface area contributed by atoms with Crippen LogP contribution in [-0.2, 0) is 34.3 Å². The second kappa shape index (κ2) is 6.56. The zero-order valence-electron chi connectivity index (χ0n) is 14.9. The van der Waals surface area contributed by atoms with Crippen LogP contribution in [0.5, 0.6) is 0 Å². The average molecular weight is 358 g/mol. The highest BCUT2D eigenvalue weighted by Crippen LogP contribution is 2.29. The molecule has 0 radical (unpaired) electrons. The molecule has 1 N–H and O–H groups in total. The van der Waals surface area contributed by atoms with E-state index in [1.54, 1.807) is 36.1 Å². The Morgan fingerprint density at radius 1 is 1.35 bits per heavy atom. The number of amides is 2. The molecule has 2 atom stereocenters. The number of aromatic nitrogens is 4. The van der Waals surface area contributed by atoms with Gasteiger partial charge in [-0.3, -0.25) is 19.0 Å². The molecule has 2 aliphatic heterocycles. The molecule has 4 rings (SSSR count). The summed E-state index contributed by atoms with van der Waals surface area (Å²) < 4.78 is 9.18. The van der Waals surface area contributed by atoms with Gasteiger partial charge in [-0.15, -0.1) is 0 Å². The van der Waals surface area contributed by atoms with E-state index >= 15 is 0 Å². The number of nitrogens with zero attached hydrogens (tertiary/aromatic N) is 5. The summed E-state index contributed by atoms with van der Waals surface area (Å²) in [6.07, 6.45) is 5.83. The average Bonchev–Trinajstić information content (AvgIpc) is 3.22. The summed E-state index contributed by atoms with van der Waals surface area (Å²) in [6.45, 7) is 0.756. The summed E-state index contributed by atoms with van der Waals surface area (Å²) in [5.74, 6) is 0.0500. The van der Waals surface area contributed by atoms with Crippen LogP contribution in [0.25, 0.3) is 0 Å². The van der Waals surface area contributed by atoms with E-state index in [2.05, 4.69) is 15.5 Å². The molecule has 1 saturated heterocycles. The number of hydrogen-bond acceptors (Lipinski definition) is 5. The van der Waals surface area contributed by atoms with E-state index in [0.717, 1.165) is 37.1 Å². The number of rotatable bonds is 3. The topological polar surface area (TPSA) is 94.3 Å². The third-order valence-corrected chi connectivity index (χ3v) is 4.98. The van der Waals surface area contributed by atoms with Gasteiger partial charge in [0.25, 0.3) is 5.91 Å². The molecular weight excluding hydrogens is 336 g/mol. The number of carbonyl (C=O) groups excluding carboxylic acids is 2. The molecule has 0 saturated carbocycles. The number of nitrogens with one attached hydrogen (secondary N) is 1. The predicted octanol–water partition coefficient (Wildman–Crippen LogP) is 0.490. The summed E-state index contributed by atoms with van der Waals surface area (Å²) >= 11 is 0. The van der Waals surface area contributed by atoms with Crippen molar-refractivity contribution in [1.82, 2.24) is 24.5 Å². The summed E-state index contributed by atoms with van der Waals surface area (Å²) in [5, 5.41) is 11.5. The van der Waals surface area contributed by atoms with Gasteiger partial charge in [0.1, 0.15) is 6.61 Å². The Morgan fingerprint density at radius 2 is 2.19 bits per heavy atom. The molecule has 0 unspecified atom stereocenters. The Bertz CT molecular complexity index is 818. The number of ether oxygens (including phenoxy) is 1. The minimum atomic E-state index is -0.819. The van der Waals surface area contributed by atoms with Gasteiger partial charge < -0.3 is 15.0 Å². The van der Waals surface area contributed by atoms with Crippen molar-refractivity contribution in [2.75, 3.05) is 19.0 Å². The fraction of sp³-hybridized carbons (Fsp3) is 0.529. The van der Waals surface area contributed by atoms with Crippen LogP contribution in [0.2, 0.25) is 0 Å². The quantitative estimate of drug-likeness (QED) is 0.862. The van der Waals surface area contributed by atoms with Crippen LogP contribution in [0.15, 0.2) is 18.5 Å². The molecular formula is C17H22N6O3. The van der Waals surface area contributed by atoms with E-state index in [0.29, 0.717) is 5.82 Å². The highest BCUT2D eigenvalue weighted by atomic mass is 16.5. The molecule has 2 aromatic heterocycles. The second-order valence-corrected chi connectivity index (χ2v) is 6.82. The van der Waals surface area contributed by atoms with Crippen molar-refractivity contribution in [3.63, 3.8) is 0 Å². The fourth-order valence-electron chi connectivity index (χ4n) is 3.60. The molecule has 0 aliphatic carbocycles. The van der Waals surface area contributed by atoms with E-state index < -0.39 is 12.1 Å². The van der Waals surface area contributed by atoms with Gasteiger partial charge in [-0.2, -0.15) is 10.2 Å². The minimum absolute atomic E-state index is 0.120. The lowest BCUT2D eigenvalue weighted by Crippen LogP contribution is -2.51. The molecule has 0 spiro atoms. The highest BCUT2D eigenvalue weighted by Gasteiger charge is 2.41. The molecule has 9 heteroatoms. The van der Waals surface area contributed by atoms with E-state index in [1.807, 2.05) is 10.7 Å². The lowest BCUT2D eigenvalue weighted by Gasteiger charge is -2.37. The molecule has 138 valence electrons. The molecule has 2 amide bonds. The fourth-order valence-corrected chi connectivity index (χ4v) is 3.60. The van der Waals surface area contributed by atoms with Crippen molar-refractivity contribution in [2.45, 2.75) is 38.0 Å². The van der Waals surface area contributed by atoms with E-state index in [9.17, 15) is 9.59 Å². The number of fused-ring (bicyclic) bond motifs is 1. The molecule has 2 aromatic rings.